The number of nitrogens with zero attached hydrogens (tertiary/aromatic N) is 4. The molecule has 0 saturated heterocycles. The number of hydrogen-bond donors (Lipinski definition) is 0. The summed E-state index contributed by atoms with van der Waals surface area (Å²) in [5.74, 6) is 0.448. The van der Waals surface area contributed by atoms with Gasteiger partial charge in [-0.3, -0.25) is 18.6 Å². The quantitative estimate of drug-likeness (QED) is 0.257. The zero-order valence-electron chi connectivity index (χ0n) is 18.8. The number of fused-ring (bicyclic) bond motifs is 2. The fourth-order valence-corrected chi connectivity index (χ4v) is 4.92. The van der Waals surface area contributed by atoms with Crippen LogP contribution in [-0.4, -0.2) is 18.9 Å². The van der Waals surface area contributed by atoms with Crippen molar-refractivity contribution in [1.29, 1.82) is 0 Å². The Kier molecular flexibility index (Phi) is 6.27. The molecule has 0 atom stereocenters. The second kappa shape index (κ2) is 9.65. The summed E-state index contributed by atoms with van der Waals surface area (Å²) in [6.07, 6.45) is 3.45. The summed E-state index contributed by atoms with van der Waals surface area (Å²) in [5.41, 5.74) is 4.09. The lowest BCUT2D eigenvalue weighted by Crippen LogP contribution is -2.24. The Balaban J connectivity index is 1.44. The molecule has 0 aliphatic rings. The van der Waals surface area contributed by atoms with Crippen molar-refractivity contribution in [3.05, 3.63) is 117 Å². The van der Waals surface area contributed by atoms with E-state index in [9.17, 15) is 9.59 Å². The molecule has 0 amide bonds. The van der Waals surface area contributed by atoms with Gasteiger partial charge in [0.25, 0.3) is 11.1 Å². The minimum absolute atomic E-state index is 0.0386. The summed E-state index contributed by atoms with van der Waals surface area (Å²) >= 11 is 1.44. The number of benzene rings is 2. The van der Waals surface area contributed by atoms with E-state index in [-0.39, 0.29) is 11.1 Å². The van der Waals surface area contributed by atoms with E-state index in [0.717, 1.165) is 18.4 Å². The smallest absolute Gasteiger partial charge is 0.262 e. The summed E-state index contributed by atoms with van der Waals surface area (Å²) < 4.78 is 3.29. The number of aryl methyl sites for hydroxylation is 2. The third-order valence-electron chi connectivity index (χ3n) is 5.74. The highest BCUT2D eigenvalue weighted by atomic mass is 32.2. The van der Waals surface area contributed by atoms with Crippen LogP contribution in [0.25, 0.3) is 16.6 Å². The Morgan fingerprint density at radius 1 is 0.912 bits per heavy atom. The van der Waals surface area contributed by atoms with Gasteiger partial charge in [0, 0.05) is 24.6 Å². The molecule has 6 nitrogen and oxygen atoms in total. The monoisotopic (exact) mass is 468 g/mol. The molecule has 0 spiro atoms. The van der Waals surface area contributed by atoms with Crippen molar-refractivity contribution < 1.29 is 0 Å². The summed E-state index contributed by atoms with van der Waals surface area (Å²) in [5, 5.41) is 1.26. The molecule has 5 rings (SSSR count). The molecule has 0 saturated carbocycles. The molecule has 0 aliphatic carbocycles. The van der Waals surface area contributed by atoms with E-state index < -0.39 is 0 Å². The van der Waals surface area contributed by atoms with Crippen LogP contribution >= 0.6 is 11.8 Å². The first-order chi connectivity index (χ1) is 16.6. The number of hydrogen-bond acceptors (Lipinski definition) is 5. The fraction of sp³-hybridized carbons (Fsp3) is 0.185. The molecule has 0 bridgehead atoms. The van der Waals surface area contributed by atoms with E-state index in [1.165, 1.54) is 21.7 Å². The molecule has 0 unspecified atom stereocenters. The zero-order chi connectivity index (χ0) is 23.5. The topological polar surface area (TPSA) is 69.3 Å². The Bertz CT molecular complexity index is 1590. The van der Waals surface area contributed by atoms with Crippen LogP contribution in [-0.2, 0) is 18.7 Å². The Morgan fingerprint density at radius 2 is 1.71 bits per heavy atom. The lowest BCUT2D eigenvalue weighted by atomic mass is 10.1. The summed E-state index contributed by atoms with van der Waals surface area (Å²) in [7, 11) is 0. The van der Waals surface area contributed by atoms with Crippen LogP contribution in [0.5, 0.6) is 0 Å². The molecule has 2 aromatic carbocycles. The van der Waals surface area contributed by atoms with E-state index in [1.807, 2.05) is 61.5 Å². The second-order valence-electron chi connectivity index (χ2n) is 8.26. The van der Waals surface area contributed by atoms with Gasteiger partial charge in [0.05, 0.1) is 16.6 Å². The molecule has 0 aliphatic heterocycles. The van der Waals surface area contributed by atoms with Crippen LogP contribution in [0.15, 0.2) is 93.7 Å². The Morgan fingerprint density at radius 3 is 2.56 bits per heavy atom. The normalized spacial score (nSPS) is 11.3. The van der Waals surface area contributed by atoms with Gasteiger partial charge in [0.15, 0.2) is 5.16 Å². The van der Waals surface area contributed by atoms with E-state index in [0.29, 0.717) is 39.7 Å². The molecule has 34 heavy (non-hydrogen) atoms. The first-order valence-electron chi connectivity index (χ1n) is 11.2. The van der Waals surface area contributed by atoms with Crippen LogP contribution in [0, 0.1) is 6.92 Å². The fourth-order valence-electron chi connectivity index (χ4n) is 4.01. The van der Waals surface area contributed by atoms with Crippen molar-refractivity contribution in [2.75, 3.05) is 0 Å². The van der Waals surface area contributed by atoms with Crippen LogP contribution in [0.2, 0.25) is 0 Å². The highest BCUT2D eigenvalue weighted by Gasteiger charge is 2.13. The van der Waals surface area contributed by atoms with E-state index in [4.69, 9.17) is 4.98 Å². The van der Waals surface area contributed by atoms with Crippen molar-refractivity contribution in [3.8, 4) is 0 Å². The Labute approximate surface area is 200 Å². The maximum Gasteiger partial charge on any atom is 0.262 e. The highest BCUT2D eigenvalue weighted by Crippen LogP contribution is 2.22. The average Bonchev–Trinajstić information content (AvgIpc) is 2.84. The lowest BCUT2D eigenvalue weighted by Gasteiger charge is -2.13. The Hall–Kier alpha value is -3.71. The first-order valence-corrected chi connectivity index (χ1v) is 12.2. The van der Waals surface area contributed by atoms with Crippen molar-refractivity contribution in [2.45, 2.75) is 37.2 Å². The molecule has 0 N–H and O–H groups in total. The predicted molar refractivity (Wildman–Crippen MR) is 137 cm³/mol. The van der Waals surface area contributed by atoms with E-state index in [2.05, 4.69) is 17.1 Å². The minimum Gasteiger partial charge on any atom is -0.287 e. The SMILES string of the molecule is Cc1ccn2c(=O)cc(CSc3nc4ccccc4c(=O)n3CCCc3ccccc3)nc2c1. The molecule has 3 heterocycles. The minimum atomic E-state index is -0.118. The summed E-state index contributed by atoms with van der Waals surface area (Å²) in [6, 6.07) is 23.0. The molecule has 0 radical (unpaired) electrons. The van der Waals surface area contributed by atoms with Gasteiger partial charge in [0.1, 0.15) is 5.65 Å². The van der Waals surface area contributed by atoms with E-state index in [1.54, 1.807) is 16.8 Å². The molecule has 7 heteroatoms. The van der Waals surface area contributed by atoms with E-state index >= 15 is 0 Å². The summed E-state index contributed by atoms with van der Waals surface area (Å²) in [6.45, 7) is 2.54. The molecule has 5 aromatic rings. The third-order valence-corrected chi connectivity index (χ3v) is 6.75. The predicted octanol–water partition coefficient (Wildman–Crippen LogP) is 4.64. The van der Waals surface area contributed by atoms with Crippen LogP contribution in [0.3, 0.4) is 0 Å². The number of rotatable bonds is 7. The third kappa shape index (κ3) is 4.65. The van der Waals surface area contributed by atoms with Crippen LogP contribution < -0.4 is 11.1 Å². The number of para-hydroxylation sites is 1. The van der Waals surface area contributed by atoms with Gasteiger partial charge in [-0.1, -0.05) is 54.2 Å². The van der Waals surface area contributed by atoms with Gasteiger partial charge in [-0.15, -0.1) is 0 Å². The molecule has 3 aromatic heterocycles. The molecule has 0 fully saturated rings. The largest absolute Gasteiger partial charge is 0.287 e. The van der Waals surface area contributed by atoms with Crippen molar-refractivity contribution in [3.63, 3.8) is 0 Å². The highest BCUT2D eigenvalue weighted by molar-refractivity contribution is 7.98. The zero-order valence-corrected chi connectivity index (χ0v) is 19.7. The first kappa shape index (κ1) is 22.1. The van der Waals surface area contributed by atoms with Crippen LogP contribution in [0.4, 0.5) is 0 Å². The standard InChI is InChI=1S/C27H24N4O2S/c1-19-13-15-30-24(16-19)28-21(17-25(30)32)18-34-27-29-23-12-6-5-11-22(23)26(33)31(27)14-7-10-20-8-3-2-4-9-20/h2-6,8-9,11-13,15-17H,7,10,14,18H2,1H3. The van der Waals surface area contributed by atoms with Crippen molar-refractivity contribution in [2.24, 2.45) is 0 Å². The maximum atomic E-state index is 13.3. The lowest BCUT2D eigenvalue weighted by molar-refractivity contribution is 0.564. The van der Waals surface area contributed by atoms with Gasteiger partial charge >= 0.3 is 0 Å². The van der Waals surface area contributed by atoms with Gasteiger partial charge < -0.3 is 0 Å². The summed E-state index contributed by atoms with van der Waals surface area (Å²) in [4.78, 5) is 35.3. The molecule has 170 valence electrons. The van der Waals surface area contributed by atoms with Crippen LogP contribution in [0.1, 0.15) is 23.2 Å². The second-order valence-corrected chi connectivity index (χ2v) is 9.21. The van der Waals surface area contributed by atoms with Crippen molar-refractivity contribution in [1.82, 2.24) is 18.9 Å². The molecular formula is C27H24N4O2S. The van der Waals surface area contributed by atoms with Gasteiger partial charge in [-0.05, 0) is 55.2 Å². The number of thioether (sulfide) groups is 1. The maximum absolute atomic E-state index is 13.3. The van der Waals surface area contributed by atoms with Gasteiger partial charge in [0.2, 0.25) is 0 Å². The number of aromatic nitrogens is 4. The molecular weight excluding hydrogens is 444 g/mol. The van der Waals surface area contributed by atoms with Gasteiger partial charge in [-0.2, -0.15) is 0 Å². The number of pyridine rings is 1. The van der Waals surface area contributed by atoms with Crippen molar-refractivity contribution >= 4 is 28.3 Å². The van der Waals surface area contributed by atoms with Gasteiger partial charge in [-0.25, -0.2) is 9.97 Å². The average molecular weight is 469 g/mol.